The van der Waals surface area contributed by atoms with E-state index in [0.717, 1.165) is 18.8 Å². The van der Waals surface area contributed by atoms with Gasteiger partial charge in [0, 0.05) is 17.5 Å². The van der Waals surface area contributed by atoms with Crippen molar-refractivity contribution < 1.29 is 9.53 Å². The summed E-state index contributed by atoms with van der Waals surface area (Å²) in [7, 11) is 0. The minimum absolute atomic E-state index is 0.189. The van der Waals surface area contributed by atoms with Crippen molar-refractivity contribution in [3.05, 3.63) is 10.4 Å². The van der Waals surface area contributed by atoms with Crippen LogP contribution in [0.5, 0.6) is 0 Å². The molecule has 4 rings (SSSR count). The number of azide groups is 1. The van der Waals surface area contributed by atoms with Crippen molar-refractivity contribution in [2.45, 2.75) is 64.5 Å². The van der Waals surface area contributed by atoms with Crippen molar-refractivity contribution in [2.24, 2.45) is 28.3 Å². The summed E-state index contributed by atoms with van der Waals surface area (Å²) in [5, 5.41) is 6.99. The lowest BCUT2D eigenvalue weighted by Gasteiger charge is -2.59. The number of amides is 1. The maximum atomic E-state index is 12.1. The third-order valence-electron chi connectivity index (χ3n) is 5.55. The maximum absolute atomic E-state index is 12.1. The lowest BCUT2D eigenvalue weighted by atomic mass is 9.48. The first kappa shape index (κ1) is 15.5. The Bertz CT molecular complexity index is 491. The Kier molecular flexibility index (Phi) is 3.76. The fourth-order valence-electron chi connectivity index (χ4n) is 5.25. The predicted octanol–water partition coefficient (Wildman–Crippen LogP) is 4.02. The second-order valence-electron chi connectivity index (χ2n) is 8.53. The van der Waals surface area contributed by atoms with Crippen LogP contribution in [0.2, 0.25) is 0 Å². The molecule has 6 heteroatoms. The molecule has 0 aromatic rings. The van der Waals surface area contributed by atoms with Crippen molar-refractivity contribution in [1.29, 1.82) is 0 Å². The Morgan fingerprint density at radius 3 is 2.50 bits per heavy atom. The third kappa shape index (κ3) is 3.02. The molecule has 0 spiro atoms. The van der Waals surface area contributed by atoms with Crippen molar-refractivity contribution in [3.8, 4) is 0 Å². The van der Waals surface area contributed by atoms with E-state index in [-0.39, 0.29) is 17.6 Å². The zero-order valence-corrected chi connectivity index (χ0v) is 13.7. The normalized spacial score (nSPS) is 39.2. The molecule has 4 bridgehead atoms. The molecule has 6 nitrogen and oxygen atoms in total. The molecule has 0 aromatic heterocycles. The third-order valence-corrected chi connectivity index (χ3v) is 5.55. The van der Waals surface area contributed by atoms with Crippen LogP contribution in [0.25, 0.3) is 10.4 Å². The Labute approximate surface area is 131 Å². The Morgan fingerprint density at radius 2 is 1.95 bits per heavy atom. The summed E-state index contributed by atoms with van der Waals surface area (Å²) in [5.41, 5.74) is 8.36. The van der Waals surface area contributed by atoms with Crippen LogP contribution in [0.3, 0.4) is 0 Å². The average Bonchev–Trinajstić information content (AvgIpc) is 2.38. The molecule has 0 saturated heterocycles. The fourth-order valence-corrected chi connectivity index (χ4v) is 5.25. The molecule has 0 heterocycles. The van der Waals surface area contributed by atoms with Gasteiger partial charge < -0.3 is 10.1 Å². The molecule has 4 aliphatic carbocycles. The van der Waals surface area contributed by atoms with E-state index >= 15 is 0 Å². The SMILES string of the molecule is CC(C)(C)OC(=O)NC1[C@@H]2CC3C[C@H]1CC(CN=[N+]=[N-])(C3)C2. The van der Waals surface area contributed by atoms with Gasteiger partial charge in [-0.1, -0.05) is 5.11 Å². The van der Waals surface area contributed by atoms with E-state index in [9.17, 15) is 4.79 Å². The van der Waals surface area contributed by atoms with Crippen molar-refractivity contribution in [1.82, 2.24) is 5.32 Å². The van der Waals surface area contributed by atoms with Gasteiger partial charge in [0.25, 0.3) is 0 Å². The van der Waals surface area contributed by atoms with Gasteiger partial charge in [-0.15, -0.1) is 0 Å². The van der Waals surface area contributed by atoms with Crippen molar-refractivity contribution in [3.63, 3.8) is 0 Å². The molecular formula is C16H26N4O2. The standard InChI is InChI=1S/C16H26N4O2/c1-15(2,3)22-14(21)19-13-11-4-10-5-12(13)8-16(6-10,7-11)9-18-20-17/h10-13H,4-9H2,1-3H3,(H,19,21)/t10?,11-,12+,13?,16?. The molecule has 0 radical (unpaired) electrons. The Balaban J connectivity index is 1.68. The molecule has 4 saturated carbocycles. The summed E-state index contributed by atoms with van der Waals surface area (Å²) in [6.45, 7) is 6.28. The molecule has 0 aliphatic heterocycles. The highest BCUT2D eigenvalue weighted by Gasteiger charge is 2.55. The second-order valence-corrected chi connectivity index (χ2v) is 8.53. The van der Waals surface area contributed by atoms with Crippen molar-refractivity contribution >= 4 is 6.09 Å². The molecule has 1 amide bonds. The minimum atomic E-state index is -0.460. The van der Waals surface area contributed by atoms with E-state index < -0.39 is 5.60 Å². The summed E-state index contributed by atoms with van der Waals surface area (Å²) >= 11 is 0. The van der Waals surface area contributed by atoms with Crippen LogP contribution in [-0.2, 0) is 4.74 Å². The van der Waals surface area contributed by atoms with E-state index in [1.807, 2.05) is 20.8 Å². The molecule has 4 fully saturated rings. The van der Waals surface area contributed by atoms with Gasteiger partial charge in [0.1, 0.15) is 5.60 Å². The van der Waals surface area contributed by atoms with Crippen LogP contribution < -0.4 is 5.32 Å². The predicted molar refractivity (Wildman–Crippen MR) is 83.2 cm³/mol. The number of carbonyl (C=O) groups excluding carboxylic acids is 1. The zero-order valence-electron chi connectivity index (χ0n) is 13.7. The second kappa shape index (κ2) is 5.34. The van der Waals surface area contributed by atoms with Gasteiger partial charge in [-0.25, -0.2) is 4.79 Å². The smallest absolute Gasteiger partial charge is 0.407 e. The monoisotopic (exact) mass is 306 g/mol. The molecule has 0 aromatic carbocycles. The quantitative estimate of drug-likeness (QED) is 0.485. The van der Waals surface area contributed by atoms with Gasteiger partial charge in [0.2, 0.25) is 0 Å². The summed E-state index contributed by atoms with van der Waals surface area (Å²) in [5.74, 6) is 1.75. The largest absolute Gasteiger partial charge is 0.444 e. The van der Waals surface area contributed by atoms with E-state index in [1.165, 1.54) is 19.3 Å². The highest BCUT2D eigenvalue weighted by Crippen LogP contribution is 2.60. The lowest BCUT2D eigenvalue weighted by molar-refractivity contribution is -0.0721. The number of ether oxygens (including phenoxy) is 1. The fraction of sp³-hybridized carbons (Fsp3) is 0.938. The van der Waals surface area contributed by atoms with Gasteiger partial charge >= 0.3 is 6.09 Å². The summed E-state index contributed by atoms with van der Waals surface area (Å²) in [6, 6.07) is 0.227. The number of nitrogens with zero attached hydrogens (tertiary/aromatic N) is 3. The number of hydrogen-bond acceptors (Lipinski definition) is 3. The molecule has 22 heavy (non-hydrogen) atoms. The summed E-state index contributed by atoms with van der Waals surface area (Å²) in [6.07, 6.45) is 5.41. The van der Waals surface area contributed by atoms with E-state index in [4.69, 9.17) is 10.3 Å². The van der Waals surface area contributed by atoms with Crippen molar-refractivity contribution in [2.75, 3.05) is 6.54 Å². The molecule has 3 unspecified atom stereocenters. The van der Waals surface area contributed by atoms with E-state index in [2.05, 4.69) is 15.3 Å². The van der Waals surface area contributed by atoms with Gasteiger partial charge in [0.05, 0.1) is 0 Å². The molecule has 122 valence electrons. The highest BCUT2D eigenvalue weighted by molar-refractivity contribution is 5.68. The number of rotatable bonds is 3. The molecule has 1 N–H and O–H groups in total. The Morgan fingerprint density at radius 1 is 1.32 bits per heavy atom. The number of alkyl carbamates (subject to hydrolysis) is 1. The van der Waals surface area contributed by atoms with Crippen LogP contribution in [0, 0.1) is 23.2 Å². The lowest BCUT2D eigenvalue weighted by Crippen LogP contribution is -2.60. The van der Waals surface area contributed by atoms with E-state index in [1.54, 1.807) is 0 Å². The van der Waals surface area contributed by atoms with E-state index in [0.29, 0.717) is 18.4 Å². The number of hydrogen-bond donors (Lipinski definition) is 1. The average molecular weight is 306 g/mol. The van der Waals surface area contributed by atoms with Crippen LogP contribution in [0.4, 0.5) is 4.79 Å². The van der Waals surface area contributed by atoms with Gasteiger partial charge in [-0.05, 0) is 81.6 Å². The van der Waals surface area contributed by atoms with Gasteiger partial charge in [-0.2, -0.15) is 0 Å². The van der Waals surface area contributed by atoms with Crippen LogP contribution in [0.1, 0.15) is 52.9 Å². The number of carbonyl (C=O) groups is 1. The summed E-state index contributed by atoms with van der Waals surface area (Å²) < 4.78 is 5.42. The Hall–Kier alpha value is -1.42. The summed E-state index contributed by atoms with van der Waals surface area (Å²) in [4.78, 5) is 15.1. The van der Waals surface area contributed by atoms with Crippen LogP contribution in [-0.4, -0.2) is 24.3 Å². The number of nitrogens with one attached hydrogen (secondary N) is 1. The molecule has 5 atom stereocenters. The first-order chi connectivity index (χ1) is 10.3. The zero-order chi connectivity index (χ0) is 16.0. The maximum Gasteiger partial charge on any atom is 0.407 e. The first-order valence-corrected chi connectivity index (χ1v) is 8.31. The van der Waals surface area contributed by atoms with Crippen LogP contribution >= 0.6 is 0 Å². The van der Waals surface area contributed by atoms with Gasteiger partial charge in [0.15, 0.2) is 0 Å². The van der Waals surface area contributed by atoms with Crippen LogP contribution in [0.15, 0.2) is 5.11 Å². The topological polar surface area (TPSA) is 87.1 Å². The first-order valence-electron chi connectivity index (χ1n) is 8.31. The molecule has 4 aliphatic rings. The molecular weight excluding hydrogens is 280 g/mol. The highest BCUT2D eigenvalue weighted by atomic mass is 16.6. The van der Waals surface area contributed by atoms with Gasteiger partial charge in [-0.3, -0.25) is 0 Å². The minimum Gasteiger partial charge on any atom is -0.444 e.